The fraction of sp³-hybridized carbons (Fsp3) is 0.235. The first-order chi connectivity index (χ1) is 10.0. The maximum Gasteiger partial charge on any atom is 0.159 e. The molecule has 4 heteroatoms. The molecule has 2 nitrogen and oxygen atoms in total. The predicted octanol–water partition coefficient (Wildman–Crippen LogP) is 4.35. The Hall–Kier alpha value is -1.68. The van der Waals surface area contributed by atoms with Gasteiger partial charge in [0.1, 0.15) is 5.82 Å². The summed E-state index contributed by atoms with van der Waals surface area (Å²) < 4.78 is 13.8. The fourth-order valence-corrected chi connectivity index (χ4v) is 3.14. The van der Waals surface area contributed by atoms with Crippen LogP contribution in [0.2, 0.25) is 0 Å². The highest BCUT2D eigenvalue weighted by molar-refractivity contribution is 9.10. The lowest BCUT2D eigenvalue weighted by molar-refractivity contribution is 0.101. The number of anilines is 1. The SMILES string of the molecule is CC(=O)c1ccc2c(c1)CCN2Cc1ccc(F)c(Br)c1. The predicted molar refractivity (Wildman–Crippen MR) is 85.3 cm³/mol. The van der Waals surface area contributed by atoms with Gasteiger partial charge in [0, 0.05) is 24.3 Å². The van der Waals surface area contributed by atoms with Gasteiger partial charge in [0.2, 0.25) is 0 Å². The molecule has 0 fully saturated rings. The molecule has 0 N–H and O–H groups in total. The molecule has 0 radical (unpaired) electrons. The topological polar surface area (TPSA) is 20.3 Å². The number of nitrogens with zero attached hydrogens (tertiary/aromatic N) is 1. The molecule has 0 saturated heterocycles. The number of carbonyl (C=O) groups excluding carboxylic acids is 1. The van der Waals surface area contributed by atoms with E-state index in [2.05, 4.69) is 20.8 Å². The van der Waals surface area contributed by atoms with Crippen LogP contribution < -0.4 is 4.90 Å². The van der Waals surface area contributed by atoms with Crippen LogP contribution in [0.4, 0.5) is 10.1 Å². The third-order valence-corrected chi connectivity index (χ3v) is 4.44. The summed E-state index contributed by atoms with van der Waals surface area (Å²) in [5.41, 5.74) is 4.20. The van der Waals surface area contributed by atoms with Gasteiger partial charge in [0.15, 0.2) is 5.78 Å². The number of Topliss-reactive ketones (excluding diaryl/α,β-unsaturated/α-hetero) is 1. The van der Waals surface area contributed by atoms with Crippen LogP contribution in [-0.4, -0.2) is 12.3 Å². The normalized spacial score (nSPS) is 13.4. The van der Waals surface area contributed by atoms with Crippen LogP contribution >= 0.6 is 15.9 Å². The quantitative estimate of drug-likeness (QED) is 0.769. The van der Waals surface area contributed by atoms with E-state index in [9.17, 15) is 9.18 Å². The minimum absolute atomic E-state index is 0.0960. The van der Waals surface area contributed by atoms with Gasteiger partial charge in [-0.15, -0.1) is 0 Å². The molecule has 0 saturated carbocycles. The van der Waals surface area contributed by atoms with Crippen LogP contribution in [0.25, 0.3) is 0 Å². The third kappa shape index (κ3) is 2.86. The van der Waals surface area contributed by atoms with E-state index in [-0.39, 0.29) is 11.6 Å². The third-order valence-electron chi connectivity index (χ3n) is 3.84. The Morgan fingerprint density at radius 3 is 2.81 bits per heavy atom. The molecule has 1 aliphatic heterocycles. The van der Waals surface area contributed by atoms with E-state index in [1.807, 2.05) is 30.3 Å². The molecule has 3 rings (SSSR count). The van der Waals surface area contributed by atoms with E-state index in [0.29, 0.717) is 4.47 Å². The van der Waals surface area contributed by atoms with Crippen molar-refractivity contribution in [2.24, 2.45) is 0 Å². The summed E-state index contributed by atoms with van der Waals surface area (Å²) in [6.45, 7) is 3.25. The molecule has 21 heavy (non-hydrogen) atoms. The van der Waals surface area contributed by atoms with E-state index in [0.717, 1.165) is 30.6 Å². The molecule has 0 spiro atoms. The molecular weight excluding hydrogens is 333 g/mol. The number of halogens is 2. The zero-order chi connectivity index (χ0) is 15.0. The van der Waals surface area contributed by atoms with E-state index in [1.165, 1.54) is 17.3 Å². The zero-order valence-electron chi connectivity index (χ0n) is 11.7. The van der Waals surface area contributed by atoms with E-state index < -0.39 is 0 Å². The second-order valence-electron chi connectivity index (χ2n) is 5.32. The van der Waals surface area contributed by atoms with Crippen molar-refractivity contribution in [2.75, 3.05) is 11.4 Å². The lowest BCUT2D eigenvalue weighted by Gasteiger charge is -2.20. The molecule has 0 unspecified atom stereocenters. The number of ketones is 1. The molecule has 1 aliphatic rings. The van der Waals surface area contributed by atoms with Gasteiger partial charge in [-0.25, -0.2) is 4.39 Å². The molecule has 0 bridgehead atoms. The number of rotatable bonds is 3. The number of hydrogen-bond acceptors (Lipinski definition) is 2. The zero-order valence-corrected chi connectivity index (χ0v) is 13.3. The highest BCUT2D eigenvalue weighted by Crippen LogP contribution is 2.30. The van der Waals surface area contributed by atoms with Crippen molar-refractivity contribution in [3.05, 3.63) is 63.4 Å². The van der Waals surface area contributed by atoms with Crippen molar-refractivity contribution in [1.82, 2.24) is 0 Å². The van der Waals surface area contributed by atoms with Crippen molar-refractivity contribution >= 4 is 27.4 Å². The lowest BCUT2D eigenvalue weighted by Crippen LogP contribution is -2.19. The van der Waals surface area contributed by atoms with Gasteiger partial charge in [0.25, 0.3) is 0 Å². The molecule has 1 heterocycles. The van der Waals surface area contributed by atoms with Gasteiger partial charge in [-0.2, -0.15) is 0 Å². The van der Waals surface area contributed by atoms with Crippen LogP contribution in [-0.2, 0) is 13.0 Å². The summed E-state index contributed by atoms with van der Waals surface area (Å²) in [6.07, 6.45) is 0.943. The number of benzene rings is 2. The summed E-state index contributed by atoms with van der Waals surface area (Å²) in [5, 5.41) is 0. The Balaban J connectivity index is 1.84. The summed E-state index contributed by atoms with van der Waals surface area (Å²) in [6, 6.07) is 11.0. The van der Waals surface area contributed by atoms with Crippen molar-refractivity contribution in [3.63, 3.8) is 0 Å². The van der Waals surface area contributed by atoms with Crippen LogP contribution in [0.5, 0.6) is 0 Å². The molecular formula is C17H15BrFNO. The monoisotopic (exact) mass is 347 g/mol. The average molecular weight is 348 g/mol. The summed E-state index contributed by atoms with van der Waals surface area (Å²) in [5.74, 6) is -0.148. The van der Waals surface area contributed by atoms with E-state index in [1.54, 1.807) is 6.92 Å². The van der Waals surface area contributed by atoms with E-state index >= 15 is 0 Å². The van der Waals surface area contributed by atoms with Crippen molar-refractivity contribution < 1.29 is 9.18 Å². The van der Waals surface area contributed by atoms with Gasteiger partial charge in [-0.3, -0.25) is 4.79 Å². The molecule has 2 aromatic rings. The molecule has 108 valence electrons. The summed E-state index contributed by atoms with van der Waals surface area (Å²) in [7, 11) is 0. The largest absolute Gasteiger partial charge is 0.367 e. The Bertz CT molecular complexity index is 714. The molecule has 2 aromatic carbocycles. The number of carbonyl (C=O) groups is 1. The smallest absolute Gasteiger partial charge is 0.159 e. The van der Waals surface area contributed by atoms with Crippen molar-refractivity contribution in [3.8, 4) is 0 Å². The minimum atomic E-state index is -0.244. The summed E-state index contributed by atoms with van der Waals surface area (Å²) in [4.78, 5) is 13.7. The first-order valence-electron chi connectivity index (χ1n) is 6.87. The number of fused-ring (bicyclic) bond motifs is 1. The Labute approximate surface area is 131 Å². The molecule has 0 amide bonds. The van der Waals surface area contributed by atoms with Crippen LogP contribution in [0.1, 0.15) is 28.4 Å². The second kappa shape index (κ2) is 5.60. The fourth-order valence-electron chi connectivity index (χ4n) is 2.71. The van der Waals surface area contributed by atoms with Crippen LogP contribution in [0, 0.1) is 5.82 Å². The Kier molecular flexibility index (Phi) is 3.81. The van der Waals surface area contributed by atoms with Crippen LogP contribution in [0.15, 0.2) is 40.9 Å². The highest BCUT2D eigenvalue weighted by Gasteiger charge is 2.20. The molecule has 0 aromatic heterocycles. The van der Waals surface area contributed by atoms with Gasteiger partial charge >= 0.3 is 0 Å². The van der Waals surface area contributed by atoms with Crippen molar-refractivity contribution in [2.45, 2.75) is 19.9 Å². The average Bonchev–Trinajstić information content (AvgIpc) is 2.85. The Morgan fingerprint density at radius 2 is 2.10 bits per heavy atom. The maximum atomic E-state index is 13.3. The van der Waals surface area contributed by atoms with Gasteiger partial charge in [-0.05, 0) is 70.7 Å². The van der Waals surface area contributed by atoms with Gasteiger partial charge in [0.05, 0.1) is 4.47 Å². The van der Waals surface area contributed by atoms with Crippen LogP contribution in [0.3, 0.4) is 0 Å². The first-order valence-corrected chi connectivity index (χ1v) is 7.66. The van der Waals surface area contributed by atoms with E-state index in [4.69, 9.17) is 0 Å². The highest BCUT2D eigenvalue weighted by atomic mass is 79.9. The van der Waals surface area contributed by atoms with Crippen molar-refractivity contribution in [1.29, 1.82) is 0 Å². The second-order valence-corrected chi connectivity index (χ2v) is 6.17. The lowest BCUT2D eigenvalue weighted by atomic mass is 10.1. The molecule has 0 atom stereocenters. The van der Waals surface area contributed by atoms with Gasteiger partial charge < -0.3 is 4.90 Å². The Morgan fingerprint density at radius 1 is 1.29 bits per heavy atom. The molecule has 0 aliphatic carbocycles. The minimum Gasteiger partial charge on any atom is -0.367 e. The van der Waals surface area contributed by atoms with Gasteiger partial charge in [-0.1, -0.05) is 6.07 Å². The maximum absolute atomic E-state index is 13.3. The standard InChI is InChI=1S/C17H15BrFNO/c1-11(21)13-3-5-17-14(9-13)6-7-20(17)10-12-2-4-16(19)15(18)8-12/h2-5,8-9H,6-7,10H2,1H3. The first kappa shape index (κ1) is 14.3. The summed E-state index contributed by atoms with van der Waals surface area (Å²) >= 11 is 3.22. The number of hydrogen-bond donors (Lipinski definition) is 0.